The third-order valence-electron chi connectivity index (χ3n) is 7.80. The first-order valence-electron chi connectivity index (χ1n) is 14.5. The number of amides is 2. The first kappa shape index (κ1) is 28.4. The molecule has 5 aromatic rings. The monoisotopic (exact) mass is 610 g/mol. The van der Waals surface area contributed by atoms with Crippen molar-refractivity contribution in [3.05, 3.63) is 72.6 Å². The first-order valence-corrected chi connectivity index (χ1v) is 14.5. The molecule has 2 aromatic carbocycles. The fourth-order valence-electron chi connectivity index (χ4n) is 5.82. The largest absolute Gasteiger partial charge is 0.487 e. The quantitative estimate of drug-likeness (QED) is 0.303. The van der Waals surface area contributed by atoms with Gasteiger partial charge in [0.1, 0.15) is 47.5 Å². The summed E-state index contributed by atoms with van der Waals surface area (Å²) < 4.78 is 19.9. The maximum absolute atomic E-state index is 14.1. The van der Waals surface area contributed by atoms with Crippen LogP contribution in [0.3, 0.4) is 0 Å². The lowest BCUT2D eigenvalue weighted by atomic mass is 9.87. The smallest absolute Gasteiger partial charge is 0.425 e. The molecule has 2 amide bonds. The van der Waals surface area contributed by atoms with Crippen molar-refractivity contribution in [1.82, 2.24) is 39.3 Å². The van der Waals surface area contributed by atoms with Crippen LogP contribution >= 0.6 is 0 Å². The molecule has 1 saturated heterocycles. The summed E-state index contributed by atoms with van der Waals surface area (Å²) in [7, 11) is 0. The molecule has 7 rings (SSSR count). The van der Waals surface area contributed by atoms with Gasteiger partial charge in [-0.1, -0.05) is 36.4 Å². The van der Waals surface area contributed by atoms with Gasteiger partial charge >= 0.3 is 18.2 Å². The van der Waals surface area contributed by atoms with Crippen LogP contribution in [0.1, 0.15) is 45.0 Å². The van der Waals surface area contributed by atoms with E-state index in [1.54, 1.807) is 32.9 Å². The number of rotatable bonds is 4. The van der Waals surface area contributed by atoms with Crippen molar-refractivity contribution in [3.8, 4) is 11.6 Å². The highest BCUT2D eigenvalue weighted by atomic mass is 16.6. The molecule has 0 atom stereocenters. The van der Waals surface area contributed by atoms with Gasteiger partial charge in [-0.2, -0.15) is 4.98 Å². The minimum absolute atomic E-state index is 0.0612. The molecular weight excluding hydrogens is 580 g/mol. The maximum atomic E-state index is 14.1. The second-order valence-electron chi connectivity index (χ2n) is 11.9. The zero-order chi connectivity index (χ0) is 31.3. The number of nitrogens with zero attached hydrogens (tertiary/aromatic N) is 7. The number of para-hydroxylation sites is 1. The third-order valence-corrected chi connectivity index (χ3v) is 7.80. The summed E-state index contributed by atoms with van der Waals surface area (Å²) in [5.74, 6) is 0.780. The van der Waals surface area contributed by atoms with E-state index < -0.39 is 29.4 Å². The molecule has 1 N–H and O–H groups in total. The van der Waals surface area contributed by atoms with E-state index in [9.17, 15) is 14.4 Å². The maximum Gasteiger partial charge on any atom is 0.425 e. The standard InChI is InChI=1S/C31H30N8O6/c1-30(2,3)45-28(41)37-18-35-23-24(37)33-17-34-25(23)44-29(42)39-27(40)38-20-10-7-11-21(43-16-19-8-5-4-6-9-19)22(20)36-26(38)31(39)12-14-32-15-13-31/h4-11,17-18,32H,12-16H2,1-3H3. The Kier molecular flexibility index (Phi) is 6.73. The number of imidazole rings is 2. The van der Waals surface area contributed by atoms with E-state index in [2.05, 4.69) is 20.3 Å². The summed E-state index contributed by atoms with van der Waals surface area (Å²) in [5, 5.41) is 3.30. The lowest BCUT2D eigenvalue weighted by Crippen LogP contribution is -2.54. The fraction of sp³-hybridized carbons (Fsp3) is 0.323. The van der Waals surface area contributed by atoms with Gasteiger partial charge in [-0.25, -0.2) is 43.4 Å². The van der Waals surface area contributed by atoms with Crippen LogP contribution in [0.4, 0.5) is 14.4 Å². The van der Waals surface area contributed by atoms with Crippen molar-refractivity contribution >= 4 is 40.4 Å². The van der Waals surface area contributed by atoms with Gasteiger partial charge in [0.2, 0.25) is 0 Å². The molecule has 0 unspecified atom stereocenters. The van der Waals surface area contributed by atoms with Crippen LogP contribution in [0.5, 0.6) is 11.6 Å². The van der Waals surface area contributed by atoms with Crippen LogP contribution in [0.25, 0.3) is 22.2 Å². The van der Waals surface area contributed by atoms with Gasteiger partial charge in [-0.3, -0.25) is 0 Å². The molecule has 2 aliphatic heterocycles. The number of carbonyl (C=O) groups is 3. The van der Waals surface area contributed by atoms with Crippen LogP contribution in [-0.4, -0.2) is 70.9 Å². The lowest BCUT2D eigenvalue weighted by Gasteiger charge is -2.37. The Balaban J connectivity index is 1.22. The Labute approximate surface area is 256 Å². The SMILES string of the molecule is CC(C)(C)OC(=O)n1cnc2c(OC(=O)N3C(=O)n4c(nc5c(OCc6ccccc6)cccc54)C34CCNCC4)ncnc21. The Morgan fingerprint density at radius 3 is 2.49 bits per heavy atom. The summed E-state index contributed by atoms with van der Waals surface area (Å²) >= 11 is 0. The average Bonchev–Trinajstić information content (AvgIpc) is 3.69. The van der Waals surface area contributed by atoms with Gasteiger partial charge in [0.25, 0.3) is 5.88 Å². The molecule has 45 heavy (non-hydrogen) atoms. The van der Waals surface area contributed by atoms with Crippen molar-refractivity contribution < 1.29 is 28.6 Å². The van der Waals surface area contributed by atoms with Gasteiger partial charge in [0, 0.05) is 0 Å². The minimum Gasteiger partial charge on any atom is -0.487 e. The number of carbonyl (C=O) groups excluding carboxylic acids is 3. The number of fused-ring (bicyclic) bond motifs is 5. The van der Waals surface area contributed by atoms with Crippen LogP contribution in [0, 0.1) is 0 Å². The van der Waals surface area contributed by atoms with E-state index in [-0.39, 0.29) is 17.0 Å². The minimum atomic E-state index is -1.07. The highest BCUT2D eigenvalue weighted by Crippen LogP contribution is 2.45. The van der Waals surface area contributed by atoms with Crippen LogP contribution in [-0.2, 0) is 16.9 Å². The van der Waals surface area contributed by atoms with E-state index in [0.29, 0.717) is 55.1 Å². The summed E-state index contributed by atoms with van der Waals surface area (Å²) in [6.45, 7) is 6.65. The van der Waals surface area contributed by atoms with Crippen molar-refractivity contribution in [2.75, 3.05) is 13.1 Å². The van der Waals surface area contributed by atoms with Crippen molar-refractivity contribution in [3.63, 3.8) is 0 Å². The number of aromatic nitrogens is 6. The number of ether oxygens (including phenoxy) is 3. The summed E-state index contributed by atoms with van der Waals surface area (Å²) in [5.41, 5.74) is 0.383. The van der Waals surface area contributed by atoms with Gasteiger partial charge in [0.15, 0.2) is 11.2 Å². The summed E-state index contributed by atoms with van der Waals surface area (Å²) in [4.78, 5) is 59.2. The van der Waals surface area contributed by atoms with Gasteiger partial charge in [-0.15, -0.1) is 0 Å². The number of nitrogens with one attached hydrogen (secondary N) is 1. The molecule has 0 aliphatic carbocycles. The van der Waals surface area contributed by atoms with E-state index in [4.69, 9.17) is 19.2 Å². The van der Waals surface area contributed by atoms with E-state index in [1.807, 2.05) is 36.4 Å². The van der Waals surface area contributed by atoms with E-state index in [1.165, 1.54) is 10.9 Å². The van der Waals surface area contributed by atoms with E-state index in [0.717, 1.165) is 21.4 Å². The summed E-state index contributed by atoms with van der Waals surface area (Å²) in [6, 6.07) is 14.6. The molecule has 14 nitrogen and oxygen atoms in total. The molecule has 1 fully saturated rings. The predicted octanol–water partition coefficient (Wildman–Crippen LogP) is 4.60. The zero-order valence-electron chi connectivity index (χ0n) is 24.9. The molecule has 3 aromatic heterocycles. The van der Waals surface area contributed by atoms with Crippen LogP contribution < -0.4 is 14.8 Å². The Hall–Kier alpha value is -5.37. The zero-order valence-corrected chi connectivity index (χ0v) is 24.9. The van der Waals surface area contributed by atoms with Gasteiger partial charge in [0.05, 0.1) is 5.52 Å². The summed E-state index contributed by atoms with van der Waals surface area (Å²) in [6.07, 6.45) is 1.57. The molecular formula is C31H30N8O6. The Morgan fingerprint density at radius 2 is 1.73 bits per heavy atom. The molecule has 1 spiro atoms. The van der Waals surface area contributed by atoms with Crippen LogP contribution in [0.15, 0.2) is 61.2 Å². The number of imide groups is 1. The number of piperidine rings is 1. The molecule has 230 valence electrons. The molecule has 2 aliphatic rings. The molecule has 5 heterocycles. The molecule has 0 radical (unpaired) electrons. The fourth-order valence-corrected chi connectivity index (χ4v) is 5.82. The van der Waals surface area contributed by atoms with Crippen molar-refractivity contribution in [1.29, 1.82) is 0 Å². The number of hydrogen-bond acceptors (Lipinski definition) is 11. The molecule has 0 bridgehead atoms. The second-order valence-corrected chi connectivity index (χ2v) is 11.9. The predicted molar refractivity (Wildman–Crippen MR) is 160 cm³/mol. The lowest BCUT2D eigenvalue weighted by molar-refractivity contribution is 0.0542. The number of hydrogen-bond donors (Lipinski definition) is 1. The highest BCUT2D eigenvalue weighted by Gasteiger charge is 2.56. The van der Waals surface area contributed by atoms with Crippen molar-refractivity contribution in [2.24, 2.45) is 0 Å². The van der Waals surface area contributed by atoms with Gasteiger partial charge in [-0.05, 0) is 64.4 Å². The van der Waals surface area contributed by atoms with Gasteiger partial charge < -0.3 is 19.5 Å². The normalized spacial score (nSPS) is 15.9. The molecule has 14 heteroatoms. The van der Waals surface area contributed by atoms with E-state index >= 15 is 0 Å². The Morgan fingerprint density at radius 1 is 0.956 bits per heavy atom. The number of benzene rings is 2. The van der Waals surface area contributed by atoms with Crippen molar-refractivity contribution in [2.45, 2.75) is 51.4 Å². The average molecular weight is 611 g/mol. The second kappa shape index (κ2) is 10.7. The van der Waals surface area contributed by atoms with Crippen LogP contribution in [0.2, 0.25) is 0 Å². The topological polar surface area (TPSA) is 156 Å². The third kappa shape index (κ3) is 4.83. The Bertz CT molecular complexity index is 1960. The molecule has 0 saturated carbocycles. The highest BCUT2D eigenvalue weighted by molar-refractivity contribution is 6.03. The first-order chi connectivity index (χ1) is 21.7.